The number of thioether (sulfide) groups is 1. The van der Waals surface area contributed by atoms with Crippen LogP contribution in [0.5, 0.6) is 11.5 Å². The van der Waals surface area contributed by atoms with Gasteiger partial charge in [-0.25, -0.2) is 0 Å². The molecule has 0 unspecified atom stereocenters. The Balaban J connectivity index is 2.23. The number of anilines is 1. The first-order valence-corrected chi connectivity index (χ1v) is 7.68. The fourth-order valence-electron chi connectivity index (χ4n) is 1.87. The van der Waals surface area contributed by atoms with Crippen LogP contribution in [0.2, 0.25) is 0 Å². The van der Waals surface area contributed by atoms with Crippen molar-refractivity contribution in [3.05, 3.63) is 48.0 Å². The van der Waals surface area contributed by atoms with Gasteiger partial charge in [-0.1, -0.05) is 0 Å². The van der Waals surface area contributed by atoms with Gasteiger partial charge in [0.1, 0.15) is 11.5 Å². The summed E-state index contributed by atoms with van der Waals surface area (Å²) < 4.78 is 5.93. The molecule has 0 fully saturated rings. The molecule has 2 aromatic carbocycles. The van der Waals surface area contributed by atoms with E-state index in [9.17, 15) is 0 Å². The van der Waals surface area contributed by atoms with Crippen molar-refractivity contribution in [2.24, 2.45) is 5.73 Å². The first kappa shape index (κ1) is 14.8. The Labute approximate surface area is 124 Å². The summed E-state index contributed by atoms with van der Waals surface area (Å²) >= 11 is 1.72. The molecule has 20 heavy (non-hydrogen) atoms. The SMILES string of the molecule is CSc1ccc(Oc2ccc(N(C)C)cc2CN)cc1. The van der Waals surface area contributed by atoms with Gasteiger partial charge in [0.15, 0.2) is 0 Å². The summed E-state index contributed by atoms with van der Waals surface area (Å²) in [6.07, 6.45) is 2.06. The van der Waals surface area contributed by atoms with E-state index in [1.165, 1.54) is 4.90 Å². The molecule has 106 valence electrons. The number of hydrogen-bond donors (Lipinski definition) is 1. The maximum Gasteiger partial charge on any atom is 0.132 e. The van der Waals surface area contributed by atoms with Gasteiger partial charge >= 0.3 is 0 Å². The van der Waals surface area contributed by atoms with Crippen LogP contribution in [0.4, 0.5) is 5.69 Å². The van der Waals surface area contributed by atoms with Crippen LogP contribution >= 0.6 is 11.8 Å². The highest BCUT2D eigenvalue weighted by Crippen LogP contribution is 2.29. The molecule has 0 saturated carbocycles. The van der Waals surface area contributed by atoms with Crippen molar-refractivity contribution in [3.8, 4) is 11.5 Å². The van der Waals surface area contributed by atoms with E-state index in [4.69, 9.17) is 10.5 Å². The number of rotatable bonds is 5. The molecule has 0 spiro atoms. The molecule has 3 nitrogen and oxygen atoms in total. The van der Waals surface area contributed by atoms with Crippen molar-refractivity contribution < 1.29 is 4.74 Å². The van der Waals surface area contributed by atoms with Crippen LogP contribution in [0.25, 0.3) is 0 Å². The maximum atomic E-state index is 5.93. The van der Waals surface area contributed by atoms with Crippen LogP contribution in [-0.4, -0.2) is 20.4 Å². The van der Waals surface area contributed by atoms with Crippen LogP contribution < -0.4 is 15.4 Å². The Morgan fingerprint density at radius 1 is 1.10 bits per heavy atom. The number of nitrogens with zero attached hydrogens (tertiary/aromatic N) is 1. The molecule has 0 amide bonds. The van der Waals surface area contributed by atoms with Gasteiger partial charge in [-0.3, -0.25) is 0 Å². The summed E-state index contributed by atoms with van der Waals surface area (Å²) in [4.78, 5) is 3.27. The van der Waals surface area contributed by atoms with Crippen molar-refractivity contribution in [1.29, 1.82) is 0 Å². The quantitative estimate of drug-likeness (QED) is 0.851. The topological polar surface area (TPSA) is 38.5 Å². The summed E-state index contributed by atoms with van der Waals surface area (Å²) in [5.74, 6) is 1.64. The number of hydrogen-bond acceptors (Lipinski definition) is 4. The third-order valence-electron chi connectivity index (χ3n) is 3.07. The van der Waals surface area contributed by atoms with Gasteiger partial charge in [-0.05, 0) is 48.7 Å². The van der Waals surface area contributed by atoms with Gasteiger partial charge < -0.3 is 15.4 Å². The lowest BCUT2D eigenvalue weighted by molar-refractivity contribution is 0.476. The van der Waals surface area contributed by atoms with E-state index in [-0.39, 0.29) is 0 Å². The maximum absolute atomic E-state index is 5.93. The van der Waals surface area contributed by atoms with Crippen LogP contribution in [0.1, 0.15) is 5.56 Å². The first-order chi connectivity index (χ1) is 9.63. The van der Waals surface area contributed by atoms with E-state index >= 15 is 0 Å². The summed E-state index contributed by atoms with van der Waals surface area (Å²) in [7, 11) is 4.02. The lowest BCUT2D eigenvalue weighted by atomic mass is 10.1. The predicted octanol–water partition coefficient (Wildman–Crippen LogP) is 3.73. The fraction of sp³-hybridized carbons (Fsp3) is 0.250. The standard InChI is InChI=1S/C16H20N2OS/c1-18(2)13-4-9-16(12(10-13)11-17)19-14-5-7-15(20-3)8-6-14/h4-10H,11,17H2,1-3H3. The lowest BCUT2D eigenvalue weighted by Gasteiger charge is -2.16. The molecule has 4 heteroatoms. The van der Waals surface area contributed by atoms with Gasteiger partial charge in [0.25, 0.3) is 0 Å². The minimum absolute atomic E-state index is 0.458. The largest absolute Gasteiger partial charge is 0.457 e. The number of benzene rings is 2. The second-order valence-electron chi connectivity index (χ2n) is 4.67. The van der Waals surface area contributed by atoms with E-state index < -0.39 is 0 Å². The highest BCUT2D eigenvalue weighted by molar-refractivity contribution is 7.98. The smallest absolute Gasteiger partial charge is 0.132 e. The molecule has 2 rings (SSSR count). The molecule has 0 radical (unpaired) electrons. The minimum Gasteiger partial charge on any atom is -0.457 e. The molecule has 0 aliphatic rings. The van der Waals surface area contributed by atoms with Gasteiger partial charge in [-0.2, -0.15) is 0 Å². The van der Waals surface area contributed by atoms with E-state index in [2.05, 4.69) is 29.4 Å². The molecular formula is C16H20N2OS. The van der Waals surface area contributed by atoms with Crippen LogP contribution in [-0.2, 0) is 6.54 Å². The summed E-state index contributed by atoms with van der Waals surface area (Å²) in [6, 6.07) is 14.1. The average molecular weight is 288 g/mol. The first-order valence-electron chi connectivity index (χ1n) is 6.46. The Morgan fingerprint density at radius 3 is 2.35 bits per heavy atom. The summed E-state index contributed by atoms with van der Waals surface area (Å²) in [5.41, 5.74) is 7.94. The monoisotopic (exact) mass is 288 g/mol. The van der Waals surface area contributed by atoms with Crippen molar-refractivity contribution in [2.75, 3.05) is 25.3 Å². The zero-order chi connectivity index (χ0) is 14.5. The number of nitrogens with two attached hydrogens (primary N) is 1. The zero-order valence-corrected chi connectivity index (χ0v) is 12.9. The van der Waals surface area contributed by atoms with Crippen LogP contribution in [0, 0.1) is 0 Å². The third kappa shape index (κ3) is 3.46. The van der Waals surface area contributed by atoms with Crippen molar-refractivity contribution in [2.45, 2.75) is 11.4 Å². The van der Waals surface area contributed by atoms with Crippen LogP contribution in [0.15, 0.2) is 47.4 Å². The van der Waals surface area contributed by atoms with Gasteiger partial charge in [0, 0.05) is 36.8 Å². The van der Waals surface area contributed by atoms with Gasteiger partial charge in [-0.15, -0.1) is 11.8 Å². The fourth-order valence-corrected chi connectivity index (χ4v) is 2.28. The van der Waals surface area contributed by atoms with E-state index in [0.717, 1.165) is 22.7 Å². The Hall–Kier alpha value is -1.65. The molecule has 2 aromatic rings. The molecule has 0 bridgehead atoms. The highest BCUT2D eigenvalue weighted by Gasteiger charge is 2.06. The molecule has 0 aliphatic heterocycles. The van der Waals surface area contributed by atoms with E-state index in [0.29, 0.717) is 6.54 Å². The van der Waals surface area contributed by atoms with Gasteiger partial charge in [0.05, 0.1) is 0 Å². The Kier molecular flexibility index (Phi) is 4.93. The Bertz CT molecular complexity index is 567. The predicted molar refractivity (Wildman–Crippen MR) is 87.0 cm³/mol. The molecule has 0 heterocycles. The molecule has 0 aromatic heterocycles. The van der Waals surface area contributed by atoms with E-state index in [1.807, 2.05) is 38.4 Å². The second kappa shape index (κ2) is 6.68. The molecular weight excluding hydrogens is 268 g/mol. The minimum atomic E-state index is 0.458. The normalized spacial score (nSPS) is 10.4. The Morgan fingerprint density at radius 2 is 1.80 bits per heavy atom. The summed E-state index contributed by atoms with van der Waals surface area (Å²) in [6.45, 7) is 0.458. The molecule has 0 aliphatic carbocycles. The molecule has 0 saturated heterocycles. The number of ether oxygens (including phenoxy) is 1. The van der Waals surface area contributed by atoms with E-state index in [1.54, 1.807) is 11.8 Å². The molecule has 0 atom stereocenters. The van der Waals surface area contributed by atoms with Crippen LogP contribution in [0.3, 0.4) is 0 Å². The third-order valence-corrected chi connectivity index (χ3v) is 3.81. The second-order valence-corrected chi connectivity index (χ2v) is 5.55. The van der Waals surface area contributed by atoms with Crippen molar-refractivity contribution in [1.82, 2.24) is 0 Å². The highest BCUT2D eigenvalue weighted by atomic mass is 32.2. The van der Waals surface area contributed by atoms with Crippen molar-refractivity contribution >= 4 is 17.4 Å². The molecule has 2 N–H and O–H groups in total. The van der Waals surface area contributed by atoms with Crippen molar-refractivity contribution in [3.63, 3.8) is 0 Å². The summed E-state index contributed by atoms with van der Waals surface area (Å²) in [5, 5.41) is 0. The van der Waals surface area contributed by atoms with Gasteiger partial charge in [0.2, 0.25) is 0 Å². The average Bonchev–Trinajstić information content (AvgIpc) is 2.48. The lowest BCUT2D eigenvalue weighted by Crippen LogP contribution is -2.10. The zero-order valence-electron chi connectivity index (χ0n) is 12.1.